The minimum absolute atomic E-state index is 0.138. The summed E-state index contributed by atoms with van der Waals surface area (Å²) in [5.74, 6) is 1.37. The molecule has 4 rings (SSSR count). The molecule has 1 fully saturated rings. The van der Waals surface area contributed by atoms with Crippen LogP contribution in [0.15, 0.2) is 54.7 Å². The van der Waals surface area contributed by atoms with Gasteiger partial charge in [0.15, 0.2) is 5.78 Å². The molecule has 1 saturated heterocycles. The molecule has 1 aliphatic rings. The van der Waals surface area contributed by atoms with Gasteiger partial charge >= 0.3 is 6.03 Å². The number of carbonyl (C=O) groups excluding carboxylic acids is 2. The largest absolute Gasteiger partial charge is 0.457 e. The number of benzene rings is 2. The van der Waals surface area contributed by atoms with Crippen LogP contribution >= 0.6 is 11.6 Å². The van der Waals surface area contributed by atoms with Gasteiger partial charge in [-0.2, -0.15) is 9.78 Å². The summed E-state index contributed by atoms with van der Waals surface area (Å²) in [6.45, 7) is 6.74. The van der Waals surface area contributed by atoms with Gasteiger partial charge in [0.1, 0.15) is 17.2 Å². The molecule has 1 amide bonds. The number of hydrogen-bond donors (Lipinski definition) is 0. The lowest BCUT2D eigenvalue weighted by atomic mass is 10.2. The van der Waals surface area contributed by atoms with E-state index in [4.69, 9.17) is 16.3 Å². The highest BCUT2D eigenvalue weighted by molar-refractivity contribution is 6.30. The number of Topliss-reactive ketones (excluding diaryl/α,β-unsaturated/α-hetero) is 1. The molecule has 2 aromatic carbocycles. The number of ether oxygens (including phenoxy) is 1. The Morgan fingerprint density at radius 2 is 1.75 bits per heavy atom. The first-order valence-electron chi connectivity index (χ1n) is 10.5. The summed E-state index contributed by atoms with van der Waals surface area (Å²) in [5.41, 5.74) is 2.20. The van der Waals surface area contributed by atoms with Gasteiger partial charge in [-0.1, -0.05) is 23.7 Å². The molecule has 2 heterocycles. The molecule has 0 saturated carbocycles. The molecule has 166 valence electrons. The summed E-state index contributed by atoms with van der Waals surface area (Å²) in [4.78, 5) is 28.5. The van der Waals surface area contributed by atoms with Crippen LogP contribution in [-0.4, -0.2) is 57.6 Å². The van der Waals surface area contributed by atoms with Crippen LogP contribution in [0, 0.1) is 6.92 Å². The van der Waals surface area contributed by atoms with Crippen LogP contribution in [0.2, 0.25) is 5.02 Å². The van der Waals surface area contributed by atoms with Crippen molar-refractivity contribution in [2.45, 2.75) is 20.4 Å². The lowest BCUT2D eigenvalue weighted by Gasteiger charge is -2.34. The Hall–Kier alpha value is -3.16. The van der Waals surface area contributed by atoms with Crippen LogP contribution in [-0.2, 0) is 6.54 Å². The molecule has 0 unspecified atom stereocenters. The molecule has 0 bridgehead atoms. The lowest BCUT2D eigenvalue weighted by Crippen LogP contribution is -2.49. The van der Waals surface area contributed by atoms with Crippen molar-refractivity contribution in [2.75, 3.05) is 26.2 Å². The van der Waals surface area contributed by atoms with E-state index in [0.29, 0.717) is 29.4 Å². The summed E-state index contributed by atoms with van der Waals surface area (Å²) in [7, 11) is 0. The molecule has 3 aromatic rings. The van der Waals surface area contributed by atoms with E-state index in [9.17, 15) is 9.59 Å². The van der Waals surface area contributed by atoms with Gasteiger partial charge in [-0.05, 0) is 54.4 Å². The van der Waals surface area contributed by atoms with Crippen molar-refractivity contribution in [1.29, 1.82) is 0 Å². The van der Waals surface area contributed by atoms with Crippen molar-refractivity contribution in [3.05, 3.63) is 76.6 Å². The summed E-state index contributed by atoms with van der Waals surface area (Å²) in [5, 5.41) is 4.83. The van der Waals surface area contributed by atoms with Crippen molar-refractivity contribution < 1.29 is 14.3 Å². The molecule has 0 N–H and O–H groups in total. The topological polar surface area (TPSA) is 67.7 Å². The predicted molar refractivity (Wildman–Crippen MR) is 123 cm³/mol. The monoisotopic (exact) mass is 452 g/mol. The van der Waals surface area contributed by atoms with Gasteiger partial charge in [0.2, 0.25) is 0 Å². The van der Waals surface area contributed by atoms with Gasteiger partial charge in [-0.15, -0.1) is 0 Å². The van der Waals surface area contributed by atoms with Gasteiger partial charge in [-0.3, -0.25) is 9.69 Å². The van der Waals surface area contributed by atoms with Gasteiger partial charge in [0, 0.05) is 50.9 Å². The second-order valence-corrected chi connectivity index (χ2v) is 8.35. The summed E-state index contributed by atoms with van der Waals surface area (Å²) in [6, 6.07) is 15.1. The molecule has 8 heteroatoms. The van der Waals surface area contributed by atoms with Crippen LogP contribution in [0.4, 0.5) is 4.79 Å². The zero-order chi connectivity index (χ0) is 22.7. The Morgan fingerprint density at radius 3 is 2.41 bits per heavy atom. The zero-order valence-electron chi connectivity index (χ0n) is 18.1. The number of carbonyl (C=O) groups is 2. The van der Waals surface area contributed by atoms with Crippen LogP contribution in [0.5, 0.6) is 11.5 Å². The summed E-state index contributed by atoms with van der Waals surface area (Å²) < 4.78 is 7.20. The van der Waals surface area contributed by atoms with E-state index in [1.165, 1.54) is 11.6 Å². The predicted octanol–water partition coefficient (Wildman–Crippen LogP) is 4.63. The number of aromatic nitrogens is 2. The van der Waals surface area contributed by atoms with Crippen LogP contribution in [0.1, 0.15) is 28.5 Å². The SMILES string of the molecule is CC(=O)c1nn(C(=O)N2CCN(Cc3cccc(Oc4ccc(Cl)cc4)c3)CC2)cc1C. The average Bonchev–Trinajstić information content (AvgIpc) is 3.18. The van der Waals surface area contributed by atoms with Crippen LogP contribution < -0.4 is 4.74 Å². The fourth-order valence-electron chi connectivity index (χ4n) is 3.75. The Bertz CT molecular complexity index is 1120. The second kappa shape index (κ2) is 9.54. The number of ketones is 1. The highest BCUT2D eigenvalue weighted by Crippen LogP contribution is 2.24. The van der Waals surface area contributed by atoms with E-state index in [1.807, 2.05) is 30.3 Å². The van der Waals surface area contributed by atoms with Crippen molar-refractivity contribution in [3.63, 3.8) is 0 Å². The first kappa shape index (κ1) is 22.0. The van der Waals surface area contributed by atoms with E-state index in [0.717, 1.165) is 36.7 Å². The Kier molecular flexibility index (Phi) is 6.58. The minimum atomic E-state index is -0.196. The third kappa shape index (κ3) is 5.18. The molecule has 7 nitrogen and oxygen atoms in total. The van der Waals surface area contributed by atoms with Crippen molar-refractivity contribution in [1.82, 2.24) is 19.6 Å². The fraction of sp³-hybridized carbons (Fsp3) is 0.292. The molecule has 0 spiro atoms. The van der Waals surface area contributed by atoms with Gasteiger partial charge in [0.05, 0.1) is 0 Å². The maximum Gasteiger partial charge on any atom is 0.344 e. The highest BCUT2D eigenvalue weighted by atomic mass is 35.5. The average molecular weight is 453 g/mol. The number of amides is 1. The molecular weight excluding hydrogens is 428 g/mol. The van der Waals surface area contributed by atoms with Gasteiger partial charge < -0.3 is 9.64 Å². The maximum absolute atomic E-state index is 12.8. The van der Waals surface area contributed by atoms with Gasteiger partial charge in [0.25, 0.3) is 0 Å². The van der Waals surface area contributed by atoms with E-state index >= 15 is 0 Å². The van der Waals surface area contributed by atoms with E-state index in [1.54, 1.807) is 30.2 Å². The van der Waals surface area contributed by atoms with Crippen LogP contribution in [0.3, 0.4) is 0 Å². The number of rotatable bonds is 5. The van der Waals surface area contributed by atoms with E-state index in [-0.39, 0.29) is 11.8 Å². The Labute approximate surface area is 192 Å². The third-order valence-corrected chi connectivity index (χ3v) is 5.68. The molecule has 0 radical (unpaired) electrons. The Balaban J connectivity index is 1.33. The smallest absolute Gasteiger partial charge is 0.344 e. The number of halogens is 1. The van der Waals surface area contributed by atoms with Crippen molar-refractivity contribution in [3.8, 4) is 11.5 Å². The third-order valence-electron chi connectivity index (χ3n) is 5.42. The molecule has 0 atom stereocenters. The van der Waals surface area contributed by atoms with Crippen molar-refractivity contribution >= 4 is 23.4 Å². The normalized spacial score (nSPS) is 14.4. The second-order valence-electron chi connectivity index (χ2n) is 7.91. The number of aryl methyl sites for hydroxylation is 1. The van der Waals surface area contributed by atoms with E-state index < -0.39 is 0 Å². The fourth-order valence-corrected chi connectivity index (χ4v) is 3.88. The first-order chi connectivity index (χ1) is 15.4. The van der Waals surface area contributed by atoms with Gasteiger partial charge in [-0.25, -0.2) is 4.79 Å². The molecule has 1 aliphatic heterocycles. The summed E-state index contributed by atoms with van der Waals surface area (Å²) in [6.07, 6.45) is 1.62. The minimum Gasteiger partial charge on any atom is -0.457 e. The standard InChI is InChI=1S/C24H25ClN4O3/c1-17-15-29(26-23(17)18(2)30)24(31)28-12-10-27(11-13-28)16-19-4-3-5-22(14-19)32-21-8-6-20(25)7-9-21/h3-9,14-15H,10-13,16H2,1-2H3. The quantitative estimate of drug-likeness (QED) is 0.528. The highest BCUT2D eigenvalue weighted by Gasteiger charge is 2.24. The molecular formula is C24H25ClN4O3. The maximum atomic E-state index is 12.8. The lowest BCUT2D eigenvalue weighted by molar-refractivity contribution is 0.101. The number of hydrogen-bond acceptors (Lipinski definition) is 5. The molecule has 1 aromatic heterocycles. The number of nitrogens with zero attached hydrogens (tertiary/aromatic N) is 4. The molecule has 32 heavy (non-hydrogen) atoms. The van der Waals surface area contributed by atoms with Crippen LogP contribution in [0.25, 0.3) is 0 Å². The van der Waals surface area contributed by atoms with E-state index in [2.05, 4.69) is 16.1 Å². The Morgan fingerprint density at radius 1 is 1.03 bits per heavy atom. The zero-order valence-corrected chi connectivity index (χ0v) is 18.9. The molecule has 0 aliphatic carbocycles. The first-order valence-corrected chi connectivity index (χ1v) is 10.9. The number of piperazine rings is 1. The van der Waals surface area contributed by atoms with Crippen molar-refractivity contribution in [2.24, 2.45) is 0 Å². The summed E-state index contributed by atoms with van der Waals surface area (Å²) >= 11 is 5.93.